The van der Waals surface area contributed by atoms with Crippen molar-refractivity contribution in [2.24, 2.45) is 0 Å². The predicted octanol–water partition coefficient (Wildman–Crippen LogP) is 5.45. The zero-order valence-electron chi connectivity index (χ0n) is 19.3. The molecule has 8 nitrogen and oxygen atoms in total. The van der Waals surface area contributed by atoms with E-state index in [1.807, 2.05) is 32.9 Å². The number of halogens is 1. The van der Waals surface area contributed by atoms with Gasteiger partial charge in [-0.15, -0.1) is 0 Å². The number of ether oxygens (including phenoxy) is 1. The highest BCUT2D eigenvalue weighted by molar-refractivity contribution is 6.51. The number of furan rings is 1. The van der Waals surface area contributed by atoms with Gasteiger partial charge in [0.15, 0.2) is 0 Å². The molecule has 178 valence electrons. The molecule has 1 aliphatic heterocycles. The van der Waals surface area contributed by atoms with E-state index in [1.165, 1.54) is 17.2 Å². The van der Waals surface area contributed by atoms with Crippen LogP contribution in [0.5, 0.6) is 5.75 Å². The maximum absolute atomic E-state index is 13.3. The Labute approximate surface area is 205 Å². The number of aryl methyl sites for hydroxylation is 2. The number of ketones is 1. The number of Topliss-reactive ketones (excluding diaryl/α,β-unsaturated/α-hetero) is 1. The monoisotopic (exact) mass is 491 g/mol. The smallest absolute Gasteiger partial charge is 0.302 e. The number of amides is 1. The third-order valence-corrected chi connectivity index (χ3v) is 6.39. The molecule has 3 heterocycles. The van der Waals surface area contributed by atoms with Crippen LogP contribution in [0.3, 0.4) is 0 Å². The zero-order chi connectivity index (χ0) is 24.9. The minimum atomic E-state index is -1.03. The molecule has 5 rings (SSSR count). The number of carbonyl (C=O) groups excluding carboxylic acids is 2. The van der Waals surface area contributed by atoms with Gasteiger partial charge in [0.2, 0.25) is 5.95 Å². The van der Waals surface area contributed by atoms with Gasteiger partial charge in [0.1, 0.15) is 23.3 Å². The molecule has 0 saturated carbocycles. The fourth-order valence-electron chi connectivity index (χ4n) is 4.21. The molecule has 2 N–H and O–H groups in total. The van der Waals surface area contributed by atoms with E-state index in [1.54, 1.807) is 24.3 Å². The fourth-order valence-corrected chi connectivity index (χ4v) is 4.38. The number of benzene rings is 2. The summed E-state index contributed by atoms with van der Waals surface area (Å²) in [5, 5.41) is 11.6. The first-order valence-electron chi connectivity index (χ1n) is 11.0. The van der Waals surface area contributed by atoms with E-state index < -0.39 is 17.7 Å². The largest absolute Gasteiger partial charge is 0.507 e. The first-order chi connectivity index (χ1) is 16.8. The van der Waals surface area contributed by atoms with E-state index in [-0.39, 0.29) is 22.8 Å². The molecule has 1 saturated heterocycles. The number of rotatable bonds is 5. The van der Waals surface area contributed by atoms with Crippen LogP contribution in [0.2, 0.25) is 5.02 Å². The van der Waals surface area contributed by atoms with Gasteiger partial charge in [-0.05, 0) is 74.4 Å². The Bertz CT molecular complexity index is 1460. The molecular weight excluding hydrogens is 470 g/mol. The summed E-state index contributed by atoms with van der Waals surface area (Å²) in [5.41, 5.74) is 3.65. The number of fused-ring (bicyclic) bond motifs is 1. The third kappa shape index (κ3) is 3.76. The predicted molar refractivity (Wildman–Crippen MR) is 132 cm³/mol. The van der Waals surface area contributed by atoms with Crippen LogP contribution >= 0.6 is 11.6 Å². The lowest BCUT2D eigenvalue weighted by Gasteiger charge is -2.20. The van der Waals surface area contributed by atoms with Gasteiger partial charge in [0.05, 0.1) is 34.5 Å². The minimum Gasteiger partial charge on any atom is -0.507 e. The van der Waals surface area contributed by atoms with E-state index in [0.717, 1.165) is 16.6 Å². The van der Waals surface area contributed by atoms with Crippen LogP contribution in [0.25, 0.3) is 16.8 Å². The summed E-state index contributed by atoms with van der Waals surface area (Å²) >= 11 is 6.19. The van der Waals surface area contributed by atoms with Crippen molar-refractivity contribution in [3.8, 4) is 5.75 Å². The molecule has 9 heteroatoms. The average molecular weight is 492 g/mol. The SMILES string of the molecule is CCOc1cc(/C(O)=C2\C(=O)C(=O)N(c3nc4cc(C)c(C)cc4[nH]3)C2c2ccco2)ccc1Cl. The number of aromatic amines is 1. The lowest BCUT2D eigenvalue weighted by molar-refractivity contribution is -0.132. The minimum absolute atomic E-state index is 0.123. The molecule has 35 heavy (non-hydrogen) atoms. The maximum atomic E-state index is 13.3. The van der Waals surface area contributed by atoms with Gasteiger partial charge in [-0.25, -0.2) is 4.98 Å². The molecule has 0 aliphatic carbocycles. The quantitative estimate of drug-likeness (QED) is 0.218. The number of aliphatic hydroxyl groups is 1. The van der Waals surface area contributed by atoms with Crippen LogP contribution < -0.4 is 9.64 Å². The lowest BCUT2D eigenvalue weighted by Crippen LogP contribution is -2.30. The van der Waals surface area contributed by atoms with Crippen LogP contribution in [-0.4, -0.2) is 33.4 Å². The van der Waals surface area contributed by atoms with E-state index in [4.69, 9.17) is 20.8 Å². The zero-order valence-corrected chi connectivity index (χ0v) is 20.0. The van der Waals surface area contributed by atoms with Gasteiger partial charge in [-0.2, -0.15) is 0 Å². The summed E-state index contributed by atoms with van der Waals surface area (Å²) in [4.78, 5) is 35.5. The number of aliphatic hydroxyl groups excluding tert-OH is 1. The highest BCUT2D eigenvalue weighted by Crippen LogP contribution is 2.42. The van der Waals surface area contributed by atoms with Crippen LogP contribution in [0, 0.1) is 13.8 Å². The van der Waals surface area contributed by atoms with E-state index in [9.17, 15) is 14.7 Å². The van der Waals surface area contributed by atoms with Crippen molar-refractivity contribution in [2.75, 3.05) is 11.5 Å². The number of anilines is 1. The third-order valence-electron chi connectivity index (χ3n) is 6.07. The summed E-state index contributed by atoms with van der Waals surface area (Å²) in [6, 6.07) is 10.7. The average Bonchev–Trinajstić information content (AvgIpc) is 3.55. The topological polar surface area (TPSA) is 109 Å². The Kier molecular flexibility index (Phi) is 5.61. The first kappa shape index (κ1) is 22.7. The van der Waals surface area contributed by atoms with Crippen molar-refractivity contribution >= 4 is 46.0 Å². The van der Waals surface area contributed by atoms with Crippen molar-refractivity contribution in [1.82, 2.24) is 9.97 Å². The van der Waals surface area contributed by atoms with Gasteiger partial charge in [-0.3, -0.25) is 14.5 Å². The molecule has 1 unspecified atom stereocenters. The molecule has 1 amide bonds. The number of aromatic nitrogens is 2. The van der Waals surface area contributed by atoms with Gasteiger partial charge in [0, 0.05) is 5.56 Å². The summed E-state index contributed by atoms with van der Waals surface area (Å²) in [5.74, 6) is -1.22. The highest BCUT2D eigenvalue weighted by Gasteiger charge is 2.49. The van der Waals surface area contributed by atoms with Crippen molar-refractivity contribution < 1.29 is 23.8 Å². The Morgan fingerprint density at radius 3 is 2.69 bits per heavy atom. The molecule has 0 radical (unpaired) electrons. The van der Waals surface area contributed by atoms with Crippen LogP contribution in [-0.2, 0) is 9.59 Å². The Hall–Kier alpha value is -4.04. The number of nitrogens with zero attached hydrogens (tertiary/aromatic N) is 2. The number of hydrogen-bond acceptors (Lipinski definition) is 6. The second-order valence-electron chi connectivity index (χ2n) is 8.28. The Morgan fingerprint density at radius 1 is 1.20 bits per heavy atom. The highest BCUT2D eigenvalue weighted by atomic mass is 35.5. The fraction of sp³-hybridized carbons (Fsp3) is 0.192. The van der Waals surface area contributed by atoms with Gasteiger partial charge in [-0.1, -0.05) is 11.6 Å². The number of H-pyrrole nitrogens is 1. The molecule has 1 fully saturated rings. The normalized spacial score (nSPS) is 17.5. The van der Waals surface area contributed by atoms with Crippen molar-refractivity contribution in [2.45, 2.75) is 26.8 Å². The molecule has 2 aromatic carbocycles. The summed E-state index contributed by atoms with van der Waals surface area (Å²) < 4.78 is 11.1. The molecule has 0 spiro atoms. The van der Waals surface area contributed by atoms with Crippen molar-refractivity contribution in [1.29, 1.82) is 0 Å². The second-order valence-corrected chi connectivity index (χ2v) is 8.68. The molecule has 4 aromatic rings. The summed E-state index contributed by atoms with van der Waals surface area (Å²) in [6.07, 6.45) is 1.44. The van der Waals surface area contributed by atoms with Crippen molar-refractivity contribution in [3.63, 3.8) is 0 Å². The van der Waals surface area contributed by atoms with Crippen LogP contribution in [0.4, 0.5) is 5.95 Å². The number of hydrogen-bond donors (Lipinski definition) is 2. The van der Waals surface area contributed by atoms with Crippen LogP contribution in [0.15, 0.2) is 58.7 Å². The molecule has 2 aromatic heterocycles. The Balaban J connectivity index is 1.69. The Morgan fingerprint density at radius 2 is 1.97 bits per heavy atom. The molecule has 1 aliphatic rings. The van der Waals surface area contributed by atoms with Gasteiger partial charge in [0.25, 0.3) is 5.78 Å². The van der Waals surface area contributed by atoms with E-state index >= 15 is 0 Å². The molecule has 1 atom stereocenters. The summed E-state index contributed by atoms with van der Waals surface area (Å²) in [6.45, 7) is 6.13. The van der Waals surface area contributed by atoms with Crippen molar-refractivity contribution in [3.05, 3.63) is 81.8 Å². The van der Waals surface area contributed by atoms with Gasteiger partial charge >= 0.3 is 5.91 Å². The number of carbonyl (C=O) groups is 2. The lowest BCUT2D eigenvalue weighted by atomic mass is 9.99. The molecular formula is C26H22ClN3O5. The maximum Gasteiger partial charge on any atom is 0.302 e. The standard InChI is InChI=1S/C26H22ClN3O5/c1-4-34-20-12-15(7-8-16(20)27)23(31)21-22(19-6-5-9-35-19)30(25(33)24(21)32)26-28-17-10-13(2)14(3)11-18(17)29-26/h5-12,22,31H,4H2,1-3H3,(H,28,29)/b23-21+. The second kappa shape index (κ2) is 8.63. The summed E-state index contributed by atoms with van der Waals surface area (Å²) in [7, 11) is 0. The van der Waals surface area contributed by atoms with E-state index in [2.05, 4.69) is 9.97 Å². The first-order valence-corrected chi connectivity index (χ1v) is 11.4. The van der Waals surface area contributed by atoms with Gasteiger partial charge < -0.3 is 19.2 Å². The number of imidazole rings is 1. The number of nitrogens with one attached hydrogen (secondary N) is 1. The van der Waals surface area contributed by atoms with E-state index in [0.29, 0.717) is 28.7 Å². The van der Waals surface area contributed by atoms with Crippen LogP contribution in [0.1, 0.15) is 35.4 Å². The molecule has 0 bridgehead atoms.